The van der Waals surface area contributed by atoms with Crippen molar-refractivity contribution < 1.29 is 31.2 Å². The summed E-state index contributed by atoms with van der Waals surface area (Å²) < 4.78 is 59.4. The Bertz CT molecular complexity index is 1530. The molecule has 48 heavy (non-hydrogen) atoms. The van der Waals surface area contributed by atoms with Gasteiger partial charge in [-0.05, 0) is 88.2 Å². The van der Waals surface area contributed by atoms with Crippen LogP contribution < -0.4 is 10.3 Å². The highest BCUT2D eigenvalue weighted by atomic mass is 32.2. The number of sulfone groups is 1. The number of rotatable bonds is 13. The number of sulfonamides is 1. The monoisotopic (exact) mass is 708 g/mol. The fraction of sp³-hybridized carbons (Fsp3) is 0.771. The van der Waals surface area contributed by atoms with Crippen LogP contribution >= 0.6 is 0 Å². The van der Waals surface area contributed by atoms with Crippen molar-refractivity contribution in [3.8, 4) is 0 Å². The molecule has 4 aliphatic rings. The number of amides is 1. The van der Waals surface area contributed by atoms with Crippen molar-refractivity contribution in [3.05, 3.63) is 29.8 Å². The number of hydrogen-bond donors (Lipinski definition) is 1. The zero-order chi connectivity index (χ0) is 34.9. The number of esters is 1. The standard InChI is InChI=1S/C35H56N4O7S2/c1-6-46-33(41)27-13-15-29(16-14-27)36-39(32(40)12-9-23-47(5,42)43)31-24-28-17-18-35(31,34(28,3)4)25-48(44,45)38-21-19-37(20-22-38)30-11-8-7-10-26(30)2/h7-8,10-11,27-29,31,36H,6,9,12-25H2,1-5H3/t27?,28?,29?,31-,35?/m0/s1. The summed E-state index contributed by atoms with van der Waals surface area (Å²) in [5.41, 5.74) is 4.87. The van der Waals surface area contributed by atoms with E-state index in [1.165, 1.54) is 11.8 Å². The van der Waals surface area contributed by atoms with Crippen molar-refractivity contribution in [3.63, 3.8) is 0 Å². The fourth-order valence-corrected chi connectivity index (χ4v) is 12.1. The number of anilines is 1. The topological polar surface area (TPSA) is 133 Å². The molecule has 0 aromatic heterocycles. The number of benzene rings is 1. The van der Waals surface area contributed by atoms with E-state index in [9.17, 15) is 26.4 Å². The predicted molar refractivity (Wildman–Crippen MR) is 187 cm³/mol. The molecule has 1 heterocycles. The summed E-state index contributed by atoms with van der Waals surface area (Å²) in [6.45, 7) is 10.6. The molecule has 1 aliphatic heterocycles. The second kappa shape index (κ2) is 14.6. The third-order valence-corrected chi connectivity index (χ3v) is 15.1. The van der Waals surface area contributed by atoms with Crippen LogP contribution in [0.25, 0.3) is 0 Å². The Labute approximate surface area is 288 Å². The van der Waals surface area contributed by atoms with Crippen molar-refractivity contribution in [2.24, 2.45) is 22.7 Å². The minimum atomic E-state index is -3.67. The maximum atomic E-state index is 14.4. The minimum Gasteiger partial charge on any atom is -0.466 e. The van der Waals surface area contributed by atoms with Crippen LogP contribution in [0.4, 0.5) is 5.69 Å². The molecule has 13 heteroatoms. The SMILES string of the molecule is CCOC(=O)C1CCC(NN(C(=O)CCCS(C)(=O)=O)[C@H]2CC3CCC2(CS(=O)(=O)N2CCN(c4ccccc4C)CC2)C3(C)C)CC1. The Kier molecular flexibility index (Phi) is 11.2. The fourth-order valence-electron chi connectivity index (χ4n) is 9.13. The maximum Gasteiger partial charge on any atom is 0.308 e. The molecule has 3 saturated carbocycles. The van der Waals surface area contributed by atoms with Crippen molar-refractivity contribution in [1.29, 1.82) is 0 Å². The van der Waals surface area contributed by atoms with E-state index < -0.39 is 25.3 Å². The highest BCUT2D eigenvalue weighted by molar-refractivity contribution is 7.90. The Hall–Kier alpha value is -2.22. The molecular weight excluding hydrogens is 653 g/mol. The zero-order valence-corrected chi connectivity index (χ0v) is 31.1. The van der Waals surface area contributed by atoms with Gasteiger partial charge in [0.1, 0.15) is 9.84 Å². The zero-order valence-electron chi connectivity index (χ0n) is 29.4. The summed E-state index contributed by atoms with van der Waals surface area (Å²) >= 11 is 0. The smallest absolute Gasteiger partial charge is 0.308 e. The number of aryl methyl sites for hydroxylation is 1. The van der Waals surface area contributed by atoms with Crippen molar-refractivity contribution in [2.75, 3.05) is 55.4 Å². The molecule has 1 aromatic carbocycles. The molecule has 270 valence electrons. The summed E-state index contributed by atoms with van der Waals surface area (Å²) in [4.78, 5) is 28.7. The summed E-state index contributed by atoms with van der Waals surface area (Å²) in [5, 5.41) is 1.73. The van der Waals surface area contributed by atoms with Crippen LogP contribution in [0.2, 0.25) is 0 Å². The third kappa shape index (κ3) is 7.73. The first-order valence-corrected chi connectivity index (χ1v) is 21.5. The molecule has 1 saturated heterocycles. The Morgan fingerprint density at radius 2 is 1.67 bits per heavy atom. The molecule has 2 unspecified atom stereocenters. The number of para-hydroxylation sites is 1. The lowest BCUT2D eigenvalue weighted by Gasteiger charge is -2.48. The number of carbonyl (C=O) groups excluding carboxylic acids is 2. The van der Waals surface area contributed by atoms with Crippen molar-refractivity contribution in [2.45, 2.75) is 97.6 Å². The molecule has 3 atom stereocenters. The second-order valence-electron chi connectivity index (χ2n) is 15.2. The summed E-state index contributed by atoms with van der Waals surface area (Å²) in [6, 6.07) is 7.78. The molecule has 11 nitrogen and oxygen atoms in total. The van der Waals surface area contributed by atoms with E-state index in [1.54, 1.807) is 16.2 Å². The molecule has 0 radical (unpaired) electrons. The Morgan fingerprint density at radius 1 is 1.00 bits per heavy atom. The van der Waals surface area contributed by atoms with Crippen LogP contribution in [0.3, 0.4) is 0 Å². The van der Waals surface area contributed by atoms with Gasteiger partial charge in [0, 0.05) is 56.0 Å². The first kappa shape index (κ1) is 37.0. The largest absolute Gasteiger partial charge is 0.466 e. The van der Waals surface area contributed by atoms with Crippen LogP contribution in [0.1, 0.15) is 84.1 Å². The number of carbonyl (C=O) groups is 2. The van der Waals surface area contributed by atoms with Gasteiger partial charge in [0.25, 0.3) is 0 Å². The molecule has 1 amide bonds. The second-order valence-corrected chi connectivity index (χ2v) is 19.4. The highest BCUT2D eigenvalue weighted by Crippen LogP contribution is 2.67. The van der Waals surface area contributed by atoms with Gasteiger partial charge in [-0.2, -0.15) is 4.31 Å². The van der Waals surface area contributed by atoms with Gasteiger partial charge < -0.3 is 9.64 Å². The van der Waals surface area contributed by atoms with E-state index in [4.69, 9.17) is 4.74 Å². The number of piperazine rings is 1. The van der Waals surface area contributed by atoms with Gasteiger partial charge in [-0.25, -0.2) is 22.3 Å². The molecule has 3 aliphatic carbocycles. The van der Waals surface area contributed by atoms with Gasteiger partial charge in [-0.1, -0.05) is 32.0 Å². The number of ether oxygens (including phenoxy) is 1. The minimum absolute atomic E-state index is 0.0249. The van der Waals surface area contributed by atoms with Gasteiger partial charge >= 0.3 is 5.97 Å². The normalized spacial score (nSPS) is 29.1. The van der Waals surface area contributed by atoms with Crippen LogP contribution in [-0.2, 0) is 34.2 Å². The van der Waals surface area contributed by atoms with Gasteiger partial charge in [-0.15, -0.1) is 0 Å². The van der Waals surface area contributed by atoms with E-state index in [0.29, 0.717) is 71.3 Å². The molecule has 2 bridgehead atoms. The van der Waals surface area contributed by atoms with E-state index in [0.717, 1.165) is 12.1 Å². The molecule has 4 fully saturated rings. The van der Waals surface area contributed by atoms with Crippen LogP contribution in [0, 0.1) is 29.6 Å². The van der Waals surface area contributed by atoms with Crippen LogP contribution in [0.15, 0.2) is 24.3 Å². The lowest BCUT2D eigenvalue weighted by atomic mass is 9.68. The third-order valence-electron chi connectivity index (χ3n) is 12.1. The number of nitrogens with zero attached hydrogens (tertiary/aromatic N) is 3. The highest BCUT2D eigenvalue weighted by Gasteiger charge is 2.67. The van der Waals surface area contributed by atoms with Gasteiger partial charge in [-0.3, -0.25) is 14.6 Å². The molecular formula is C35H56N4O7S2. The number of hydrogen-bond acceptors (Lipinski definition) is 9. The summed E-state index contributed by atoms with van der Waals surface area (Å²) in [5.74, 6) is -0.367. The van der Waals surface area contributed by atoms with Crippen LogP contribution in [0.5, 0.6) is 0 Å². The van der Waals surface area contributed by atoms with E-state index >= 15 is 0 Å². The summed E-state index contributed by atoms with van der Waals surface area (Å²) in [6.07, 6.45) is 6.45. The predicted octanol–water partition coefficient (Wildman–Crippen LogP) is 3.92. The number of fused-ring (bicyclic) bond motifs is 2. The maximum absolute atomic E-state index is 14.4. The average Bonchev–Trinajstić information content (AvgIpc) is 3.39. The van der Waals surface area contributed by atoms with Gasteiger partial charge in [0.2, 0.25) is 15.9 Å². The first-order chi connectivity index (χ1) is 22.6. The lowest BCUT2D eigenvalue weighted by Crippen LogP contribution is -2.62. The van der Waals surface area contributed by atoms with E-state index in [-0.39, 0.29) is 65.6 Å². The molecule has 5 rings (SSSR count). The van der Waals surface area contributed by atoms with Crippen molar-refractivity contribution >= 4 is 37.4 Å². The van der Waals surface area contributed by atoms with E-state index in [2.05, 4.69) is 43.2 Å². The van der Waals surface area contributed by atoms with Crippen molar-refractivity contribution in [1.82, 2.24) is 14.7 Å². The number of nitrogens with one attached hydrogen (secondary N) is 1. The Morgan fingerprint density at radius 3 is 2.27 bits per heavy atom. The molecule has 1 N–H and O–H groups in total. The number of hydrazine groups is 1. The van der Waals surface area contributed by atoms with Crippen LogP contribution in [-0.4, -0.2) is 101 Å². The molecule has 1 aromatic rings. The average molecular weight is 709 g/mol. The van der Waals surface area contributed by atoms with Gasteiger partial charge in [0.15, 0.2) is 0 Å². The first-order valence-electron chi connectivity index (χ1n) is 17.8. The Balaban J connectivity index is 1.36. The quantitative estimate of drug-likeness (QED) is 0.239. The van der Waals surface area contributed by atoms with Gasteiger partial charge in [0.05, 0.1) is 30.1 Å². The lowest BCUT2D eigenvalue weighted by molar-refractivity contribution is -0.150. The van der Waals surface area contributed by atoms with E-state index in [1.807, 2.05) is 12.1 Å². The summed E-state index contributed by atoms with van der Waals surface area (Å²) in [7, 11) is -6.90. The molecule has 0 spiro atoms.